The lowest BCUT2D eigenvalue weighted by Gasteiger charge is -2.27. The van der Waals surface area contributed by atoms with Crippen LogP contribution in [0.15, 0.2) is 73.8 Å². The Kier molecular flexibility index (Phi) is 25.1. The highest BCUT2D eigenvalue weighted by molar-refractivity contribution is 6.26. The highest BCUT2D eigenvalue weighted by atomic mass is 27.2. The number of ether oxygens (including phenoxy) is 8. The Morgan fingerprint density at radius 2 is 0.690 bits per heavy atom. The Hall–Kier alpha value is -6.85. The second-order valence-corrected chi connectivity index (χ2v) is 17.2. The summed E-state index contributed by atoms with van der Waals surface area (Å²) in [6, 6.07) is 13.5. The summed E-state index contributed by atoms with van der Waals surface area (Å²) in [5, 5.41) is 0. The van der Waals surface area contributed by atoms with Crippen LogP contribution in [0.1, 0.15) is 88.2 Å². The fraction of sp³-hybridized carbons (Fsp3) is 0.480. The van der Waals surface area contributed by atoms with E-state index in [9.17, 15) is 47.9 Å². The van der Waals surface area contributed by atoms with Crippen LogP contribution in [0.3, 0.4) is 0 Å². The van der Waals surface area contributed by atoms with Crippen molar-refractivity contribution in [3.8, 4) is 11.5 Å². The average molecular weight is 1010 g/mol. The van der Waals surface area contributed by atoms with Gasteiger partial charge in [0.05, 0.1) is 62.6 Å². The molecule has 71 heavy (non-hydrogen) atoms. The predicted octanol–water partition coefficient (Wildman–Crippen LogP) is 4.44. The lowest BCUT2D eigenvalue weighted by atomic mass is 9.82. The summed E-state index contributed by atoms with van der Waals surface area (Å²) in [7, 11) is 0. The maximum atomic E-state index is 12.9. The van der Waals surface area contributed by atoms with Gasteiger partial charge in [-0.15, -0.1) is 0 Å². The van der Waals surface area contributed by atoms with Crippen molar-refractivity contribution in [3.63, 3.8) is 0 Å². The number of rotatable bonds is 28. The van der Waals surface area contributed by atoms with Crippen LogP contribution in [-0.2, 0) is 96.8 Å². The van der Waals surface area contributed by atoms with Gasteiger partial charge < -0.3 is 45.5 Å². The number of hydrogen-bond donors (Lipinski definition) is 0. The quantitative estimate of drug-likeness (QED) is 0.0285. The number of benzene rings is 2. The molecule has 2 fully saturated rings. The largest absolute Gasteiger partial charge is 0.836 e. The number of esters is 8. The molecule has 20 nitrogen and oxygen atoms in total. The topological polar surface area (TPSA) is 263 Å². The Morgan fingerprint density at radius 1 is 0.408 bits per heavy atom. The maximum Gasteiger partial charge on any atom is 0.836 e. The van der Waals surface area contributed by atoms with Gasteiger partial charge in [0.15, 0.2) is 0 Å². The molecular weight excluding hydrogens is 948 g/mol. The molecule has 382 valence electrons. The molecule has 0 radical (unpaired) electrons. The minimum atomic E-state index is -1.95. The van der Waals surface area contributed by atoms with E-state index in [1.54, 1.807) is 48.5 Å². The zero-order valence-electron chi connectivity index (χ0n) is 39.5. The fourth-order valence-electron chi connectivity index (χ4n) is 7.33. The zero-order valence-corrected chi connectivity index (χ0v) is 40.9. The van der Waals surface area contributed by atoms with E-state index in [4.69, 9.17) is 45.5 Å². The lowest BCUT2D eigenvalue weighted by Crippen LogP contribution is -2.32. The van der Waals surface area contributed by atoms with Gasteiger partial charge in [-0.05, 0) is 86.8 Å². The first-order valence-electron chi connectivity index (χ1n) is 23.4. The second-order valence-electron chi connectivity index (χ2n) is 16.4. The van der Waals surface area contributed by atoms with Gasteiger partial charge in [0.25, 0.3) is 11.9 Å². The van der Waals surface area contributed by atoms with Crippen molar-refractivity contribution in [2.24, 2.45) is 23.7 Å². The van der Waals surface area contributed by atoms with E-state index in [1.165, 1.54) is 0 Å². The minimum Gasteiger partial charge on any atom is -0.588 e. The molecule has 0 unspecified atom stereocenters. The standard InChI is InChI=1S/2C25H30O10.Al.H/c2*1-2-21(26)33-15-16-34-23(28)12-11-22(27)32-14-13-17-3-9-20(10-4-17)35-25(31)19-7-5-18(6-8-19)24(29)30;;/h2*2-4,9-10,18-19H,1,5-8,11-16H2,(H,29,30);;/q;;+2;/p-2. The number of carbonyl (C=O) groups excluding carboxylic acids is 10. The van der Waals surface area contributed by atoms with E-state index in [2.05, 4.69) is 13.2 Å². The van der Waals surface area contributed by atoms with Crippen LogP contribution < -0.4 is 9.47 Å². The molecule has 0 bridgehead atoms. The van der Waals surface area contributed by atoms with Crippen molar-refractivity contribution in [2.45, 2.75) is 89.9 Å². The summed E-state index contributed by atoms with van der Waals surface area (Å²) in [6.07, 6.45) is 5.42. The number of carbonyl (C=O) groups is 10. The molecule has 2 saturated carbocycles. The van der Waals surface area contributed by atoms with Gasteiger partial charge in [-0.25, -0.2) is 9.59 Å². The monoisotopic (exact) mass is 1010 g/mol. The number of hydrogen-bond acceptors (Lipinski definition) is 20. The van der Waals surface area contributed by atoms with Gasteiger partial charge in [-0.1, -0.05) is 37.4 Å². The third-order valence-corrected chi connectivity index (χ3v) is 12.2. The summed E-state index contributed by atoms with van der Waals surface area (Å²) in [4.78, 5) is 121. The average Bonchev–Trinajstić information content (AvgIpc) is 3.38. The third kappa shape index (κ3) is 22.2. The molecule has 0 spiro atoms. The molecule has 0 aliphatic heterocycles. The van der Waals surface area contributed by atoms with Crippen LogP contribution >= 0.6 is 0 Å². The van der Waals surface area contributed by atoms with E-state index in [1.807, 2.05) is 0 Å². The Balaban J connectivity index is 1.01. The van der Waals surface area contributed by atoms with Gasteiger partial charge in [0.1, 0.15) is 37.9 Å². The van der Waals surface area contributed by atoms with Gasteiger partial charge in [-0.3, -0.25) is 38.4 Å². The summed E-state index contributed by atoms with van der Waals surface area (Å²) < 4.78 is 51.4. The summed E-state index contributed by atoms with van der Waals surface area (Å²) in [5.41, 5.74) is 1.65. The Labute approximate surface area is 417 Å². The smallest absolute Gasteiger partial charge is 0.588 e. The summed E-state index contributed by atoms with van der Waals surface area (Å²) in [5.74, 6) is -6.38. The first-order valence-corrected chi connectivity index (χ1v) is 24.5. The van der Waals surface area contributed by atoms with E-state index in [0.29, 0.717) is 75.7 Å². The van der Waals surface area contributed by atoms with Crippen molar-refractivity contribution in [2.75, 3.05) is 39.6 Å². The molecule has 2 aliphatic carbocycles. The summed E-state index contributed by atoms with van der Waals surface area (Å²) in [6.45, 7) is 6.14. The molecule has 4 rings (SSSR count). The fourth-order valence-corrected chi connectivity index (χ4v) is 8.10. The van der Waals surface area contributed by atoms with E-state index >= 15 is 0 Å². The van der Waals surface area contributed by atoms with E-state index < -0.39 is 99.3 Å². The highest BCUT2D eigenvalue weighted by Crippen LogP contribution is 2.33. The molecule has 21 heteroatoms. The van der Waals surface area contributed by atoms with Crippen molar-refractivity contribution < 1.29 is 93.4 Å². The highest BCUT2D eigenvalue weighted by Gasteiger charge is 2.34. The van der Waals surface area contributed by atoms with Gasteiger partial charge in [0, 0.05) is 25.0 Å². The molecule has 0 amide bonds. The van der Waals surface area contributed by atoms with Gasteiger partial charge in [0.2, 0.25) is 0 Å². The van der Waals surface area contributed by atoms with E-state index in [-0.39, 0.29) is 65.3 Å². The lowest BCUT2D eigenvalue weighted by molar-refractivity contribution is -0.152. The van der Waals surface area contributed by atoms with Crippen LogP contribution in [0.5, 0.6) is 11.5 Å². The molecule has 0 aromatic heterocycles. The first kappa shape index (κ1) is 56.7. The first-order chi connectivity index (χ1) is 34.2. The molecule has 0 saturated heterocycles. The molecule has 2 aromatic carbocycles. The van der Waals surface area contributed by atoms with Crippen molar-refractivity contribution in [3.05, 3.63) is 85.0 Å². The van der Waals surface area contributed by atoms with Crippen LogP contribution in [0, 0.1) is 23.7 Å². The zero-order chi connectivity index (χ0) is 51.4. The predicted molar refractivity (Wildman–Crippen MR) is 246 cm³/mol. The molecule has 0 N–H and O–H groups in total. The normalized spacial score (nSPS) is 17.1. The molecular formula is C50H59AlO20. The molecule has 2 aromatic rings. The Morgan fingerprint density at radius 3 is 1.00 bits per heavy atom. The van der Waals surface area contributed by atoms with E-state index in [0.717, 1.165) is 23.3 Å². The summed E-state index contributed by atoms with van der Waals surface area (Å²) >= 11 is -1.95. The van der Waals surface area contributed by atoms with Gasteiger partial charge in [-0.2, -0.15) is 0 Å². The van der Waals surface area contributed by atoms with Crippen molar-refractivity contribution in [1.82, 2.24) is 0 Å². The molecule has 2 aliphatic rings. The van der Waals surface area contributed by atoms with Crippen LogP contribution in [0.4, 0.5) is 0 Å². The van der Waals surface area contributed by atoms with Crippen molar-refractivity contribution in [1.29, 1.82) is 0 Å². The molecule has 0 atom stereocenters. The Bertz CT molecular complexity index is 2000. The SMILES string of the molecule is C=CC(=O)OCCOC(=O)CCC(=O)OCCc1ccc(OC(=O)C2CCC(C(=O)[O][AlH][O]C(=O)C3CCC(C(=O)Oc4ccc(CCOC(=O)CCC(=O)OCCOC(=O)C=C)cc4)CC3)CC2)cc1. The van der Waals surface area contributed by atoms with Crippen LogP contribution in [0.2, 0.25) is 0 Å². The van der Waals surface area contributed by atoms with Crippen LogP contribution in [-0.4, -0.2) is 115 Å². The van der Waals surface area contributed by atoms with Gasteiger partial charge >= 0.3 is 63.6 Å². The molecule has 0 heterocycles. The minimum absolute atomic E-state index is 0.0748. The second kappa shape index (κ2) is 31.4. The third-order valence-electron chi connectivity index (χ3n) is 11.4. The van der Waals surface area contributed by atoms with Crippen LogP contribution in [0.25, 0.3) is 0 Å². The maximum absolute atomic E-state index is 12.9. The van der Waals surface area contributed by atoms with Crippen molar-refractivity contribution >= 4 is 75.6 Å².